The Morgan fingerprint density at radius 2 is 2.10 bits per heavy atom. The molecule has 21 heavy (non-hydrogen) atoms. The fourth-order valence-corrected chi connectivity index (χ4v) is 2.30. The molecule has 0 unspecified atom stereocenters. The number of rotatable bonds is 1. The number of hydrogen-bond acceptors (Lipinski definition) is 4. The molecule has 0 spiro atoms. The maximum absolute atomic E-state index is 13.2. The summed E-state index contributed by atoms with van der Waals surface area (Å²) in [4.78, 5) is 21.9. The second-order valence-electron chi connectivity index (χ2n) is 4.81. The number of carbonyl (C=O) groups is 1. The van der Waals surface area contributed by atoms with E-state index in [1.807, 2.05) is 0 Å². The molecule has 0 radical (unpaired) electrons. The molecule has 2 heterocycles. The number of benzene rings is 1. The Bertz CT molecular complexity index is 720. The number of carbonyl (C=O) groups excluding carboxylic acids is 1. The number of amides is 1. The Balaban J connectivity index is 1.85. The largest absolute Gasteiger partial charge is 0.368 e. The van der Waals surface area contributed by atoms with Gasteiger partial charge in [-0.25, -0.2) is 18.7 Å². The second-order valence-corrected chi connectivity index (χ2v) is 4.81. The minimum atomic E-state index is -1.04. The van der Waals surface area contributed by atoms with Crippen LogP contribution in [0.1, 0.15) is 21.6 Å². The van der Waals surface area contributed by atoms with Crippen LogP contribution in [0.3, 0.4) is 0 Å². The highest BCUT2D eigenvalue weighted by Gasteiger charge is 2.23. The SMILES string of the molecule is Nc1ncc2c(n1)CN(C(=O)c1ccc(F)c(F)c1)CC2. The monoisotopic (exact) mass is 290 g/mol. The molecule has 3 rings (SSSR count). The fourth-order valence-electron chi connectivity index (χ4n) is 2.30. The molecule has 0 atom stereocenters. The van der Waals surface area contributed by atoms with Gasteiger partial charge in [0.2, 0.25) is 5.95 Å². The molecule has 2 aromatic rings. The van der Waals surface area contributed by atoms with Crippen molar-refractivity contribution in [2.24, 2.45) is 0 Å². The minimum Gasteiger partial charge on any atom is -0.368 e. The Kier molecular flexibility index (Phi) is 3.25. The summed E-state index contributed by atoms with van der Waals surface area (Å²) in [6.45, 7) is 0.748. The zero-order valence-electron chi connectivity index (χ0n) is 11.0. The van der Waals surface area contributed by atoms with E-state index in [9.17, 15) is 13.6 Å². The zero-order chi connectivity index (χ0) is 15.0. The highest BCUT2D eigenvalue weighted by molar-refractivity contribution is 5.94. The third kappa shape index (κ3) is 2.54. The number of aromatic nitrogens is 2. The lowest BCUT2D eigenvalue weighted by atomic mass is 10.1. The van der Waals surface area contributed by atoms with Gasteiger partial charge in [0.25, 0.3) is 5.91 Å². The van der Waals surface area contributed by atoms with E-state index < -0.39 is 11.6 Å². The minimum absolute atomic E-state index is 0.111. The van der Waals surface area contributed by atoms with Crippen molar-refractivity contribution in [2.75, 3.05) is 12.3 Å². The van der Waals surface area contributed by atoms with E-state index in [1.165, 1.54) is 11.0 Å². The van der Waals surface area contributed by atoms with Gasteiger partial charge in [0.1, 0.15) is 0 Å². The number of anilines is 1. The summed E-state index contributed by atoms with van der Waals surface area (Å²) in [7, 11) is 0. The first kappa shape index (κ1) is 13.4. The van der Waals surface area contributed by atoms with Crippen LogP contribution in [0.4, 0.5) is 14.7 Å². The molecule has 0 saturated carbocycles. The third-order valence-electron chi connectivity index (χ3n) is 3.42. The predicted molar refractivity (Wildman–Crippen MR) is 71.2 cm³/mol. The molecule has 0 bridgehead atoms. The van der Waals surface area contributed by atoms with Crippen LogP contribution in [0, 0.1) is 11.6 Å². The molecular formula is C14H12F2N4O. The number of fused-ring (bicyclic) bond motifs is 1. The first-order valence-electron chi connectivity index (χ1n) is 6.39. The van der Waals surface area contributed by atoms with Crippen LogP contribution in [0.5, 0.6) is 0 Å². The van der Waals surface area contributed by atoms with Crippen molar-refractivity contribution >= 4 is 11.9 Å². The van der Waals surface area contributed by atoms with Crippen molar-refractivity contribution < 1.29 is 13.6 Å². The smallest absolute Gasteiger partial charge is 0.254 e. The second kappa shape index (κ2) is 5.08. The van der Waals surface area contributed by atoms with Crippen LogP contribution >= 0.6 is 0 Å². The van der Waals surface area contributed by atoms with Crippen LogP contribution in [0.15, 0.2) is 24.4 Å². The molecule has 108 valence electrons. The average Bonchev–Trinajstić information content (AvgIpc) is 2.48. The summed E-state index contributed by atoms with van der Waals surface area (Å²) < 4.78 is 26.1. The molecule has 1 aromatic carbocycles. The topological polar surface area (TPSA) is 72.1 Å². The van der Waals surface area contributed by atoms with Gasteiger partial charge in [-0.05, 0) is 30.2 Å². The van der Waals surface area contributed by atoms with E-state index >= 15 is 0 Å². The van der Waals surface area contributed by atoms with Crippen molar-refractivity contribution in [3.05, 3.63) is 52.9 Å². The molecule has 0 saturated heterocycles. The zero-order valence-corrected chi connectivity index (χ0v) is 11.0. The molecule has 7 heteroatoms. The molecule has 1 aromatic heterocycles. The van der Waals surface area contributed by atoms with Gasteiger partial charge >= 0.3 is 0 Å². The van der Waals surface area contributed by atoms with Crippen LogP contribution in [0.25, 0.3) is 0 Å². The Hall–Kier alpha value is -2.57. The van der Waals surface area contributed by atoms with Crippen LogP contribution in [0.2, 0.25) is 0 Å². The molecule has 0 aliphatic carbocycles. The molecule has 1 aliphatic heterocycles. The summed E-state index contributed by atoms with van der Waals surface area (Å²) >= 11 is 0. The fraction of sp³-hybridized carbons (Fsp3) is 0.214. The summed E-state index contributed by atoms with van der Waals surface area (Å²) in [5.41, 5.74) is 7.27. The Morgan fingerprint density at radius 3 is 2.86 bits per heavy atom. The molecule has 1 amide bonds. The van der Waals surface area contributed by atoms with Crippen molar-refractivity contribution in [2.45, 2.75) is 13.0 Å². The number of hydrogen-bond donors (Lipinski definition) is 1. The first-order valence-corrected chi connectivity index (χ1v) is 6.39. The van der Waals surface area contributed by atoms with Crippen molar-refractivity contribution in [1.29, 1.82) is 0 Å². The van der Waals surface area contributed by atoms with E-state index in [4.69, 9.17) is 5.73 Å². The molecule has 5 nitrogen and oxygen atoms in total. The lowest BCUT2D eigenvalue weighted by Gasteiger charge is -2.28. The highest BCUT2D eigenvalue weighted by atomic mass is 19.2. The van der Waals surface area contributed by atoms with Gasteiger partial charge in [0.15, 0.2) is 11.6 Å². The maximum Gasteiger partial charge on any atom is 0.254 e. The van der Waals surface area contributed by atoms with Crippen molar-refractivity contribution in [3.8, 4) is 0 Å². The first-order chi connectivity index (χ1) is 10.0. The maximum atomic E-state index is 13.2. The van der Waals surface area contributed by atoms with Crippen molar-refractivity contribution in [3.63, 3.8) is 0 Å². The molecule has 1 aliphatic rings. The van der Waals surface area contributed by atoms with E-state index in [-0.39, 0.29) is 24.0 Å². The summed E-state index contributed by atoms with van der Waals surface area (Å²) in [5, 5.41) is 0. The van der Waals surface area contributed by atoms with Gasteiger partial charge in [-0.3, -0.25) is 4.79 Å². The standard InChI is InChI=1S/C14H12F2N4O/c15-10-2-1-8(5-11(10)16)13(21)20-4-3-9-6-18-14(17)19-12(9)7-20/h1-2,5-6H,3-4,7H2,(H2,17,18,19). The summed E-state index contributed by atoms with van der Waals surface area (Å²) in [6, 6.07) is 3.12. The average molecular weight is 290 g/mol. The third-order valence-corrected chi connectivity index (χ3v) is 3.42. The van der Waals surface area contributed by atoms with Gasteiger partial charge in [-0.2, -0.15) is 0 Å². The van der Waals surface area contributed by atoms with Gasteiger partial charge in [0, 0.05) is 18.3 Å². The van der Waals surface area contributed by atoms with Gasteiger partial charge in [-0.15, -0.1) is 0 Å². The van der Waals surface area contributed by atoms with E-state index in [0.717, 1.165) is 17.7 Å². The van der Waals surface area contributed by atoms with Gasteiger partial charge in [0.05, 0.1) is 12.2 Å². The van der Waals surface area contributed by atoms with Crippen LogP contribution < -0.4 is 5.73 Å². The predicted octanol–water partition coefficient (Wildman–Crippen LogP) is 1.54. The lowest BCUT2D eigenvalue weighted by Crippen LogP contribution is -2.36. The lowest BCUT2D eigenvalue weighted by molar-refractivity contribution is 0.0731. The number of nitrogens with zero attached hydrogens (tertiary/aromatic N) is 3. The Morgan fingerprint density at radius 1 is 1.29 bits per heavy atom. The number of nitrogens with two attached hydrogens (primary N) is 1. The van der Waals surface area contributed by atoms with E-state index in [1.54, 1.807) is 6.20 Å². The summed E-state index contributed by atoms with van der Waals surface area (Å²) in [5.74, 6) is -2.23. The van der Waals surface area contributed by atoms with E-state index in [0.29, 0.717) is 18.7 Å². The number of halogens is 2. The number of nitrogen functional groups attached to an aromatic ring is 1. The van der Waals surface area contributed by atoms with Gasteiger partial charge < -0.3 is 10.6 Å². The van der Waals surface area contributed by atoms with E-state index in [2.05, 4.69) is 9.97 Å². The quantitative estimate of drug-likeness (QED) is 0.864. The highest BCUT2D eigenvalue weighted by Crippen LogP contribution is 2.19. The van der Waals surface area contributed by atoms with Crippen LogP contribution in [-0.4, -0.2) is 27.3 Å². The molecular weight excluding hydrogens is 278 g/mol. The van der Waals surface area contributed by atoms with Crippen molar-refractivity contribution in [1.82, 2.24) is 14.9 Å². The van der Waals surface area contributed by atoms with Crippen LogP contribution in [-0.2, 0) is 13.0 Å². The summed E-state index contributed by atoms with van der Waals surface area (Å²) in [6.07, 6.45) is 2.25. The normalized spacial score (nSPS) is 13.9. The molecule has 0 fully saturated rings. The Labute approximate surface area is 119 Å². The molecule has 2 N–H and O–H groups in total. The van der Waals surface area contributed by atoms with Gasteiger partial charge in [-0.1, -0.05) is 0 Å².